The number of nitrogens with one attached hydrogen (secondary N) is 3. The summed E-state index contributed by atoms with van der Waals surface area (Å²) in [5.41, 5.74) is 3.92. The molecule has 0 aliphatic heterocycles. The van der Waals surface area contributed by atoms with E-state index in [1.165, 1.54) is 0 Å². The summed E-state index contributed by atoms with van der Waals surface area (Å²) in [7, 11) is 0. The Morgan fingerprint density at radius 3 is 2.16 bits per heavy atom. The molecule has 1 rings (SSSR count). The van der Waals surface area contributed by atoms with Gasteiger partial charge in [0.05, 0.1) is 0 Å². The second kappa shape index (κ2) is 6.63. The van der Waals surface area contributed by atoms with Crippen LogP contribution in [-0.4, -0.2) is 23.8 Å². The quantitative estimate of drug-likeness (QED) is 0.640. The van der Waals surface area contributed by atoms with E-state index >= 15 is 0 Å². The Morgan fingerprint density at radius 1 is 1.05 bits per heavy atom. The third-order valence-corrected chi connectivity index (χ3v) is 3.03. The molecule has 1 fully saturated rings. The Kier molecular flexibility index (Phi) is 5.44. The first kappa shape index (κ1) is 15.6. The van der Waals surface area contributed by atoms with Crippen molar-refractivity contribution in [1.29, 1.82) is 0 Å². The Hall–Kier alpha value is -1.46. The molecule has 0 atom stereocenters. The van der Waals surface area contributed by atoms with Crippen molar-refractivity contribution in [2.45, 2.75) is 65.0 Å². The largest absolute Gasteiger partial charge is 0.443 e. The lowest BCUT2D eigenvalue weighted by molar-refractivity contribution is 0.0504. The predicted octanol–water partition coefficient (Wildman–Crippen LogP) is 2.30. The van der Waals surface area contributed by atoms with Gasteiger partial charge in [0.15, 0.2) is 0 Å². The molecule has 19 heavy (non-hydrogen) atoms. The fourth-order valence-electron chi connectivity index (χ4n) is 2.04. The van der Waals surface area contributed by atoms with E-state index in [1.807, 2.05) is 0 Å². The molecule has 0 aromatic rings. The maximum absolute atomic E-state index is 11.6. The molecule has 1 aliphatic carbocycles. The van der Waals surface area contributed by atoms with Crippen molar-refractivity contribution in [2.75, 3.05) is 0 Å². The van der Waals surface area contributed by atoms with Crippen LogP contribution in [0.5, 0.6) is 0 Å². The average Bonchev–Trinajstić information content (AvgIpc) is 2.27. The Balaban J connectivity index is 2.19. The summed E-state index contributed by atoms with van der Waals surface area (Å²) in [6.45, 7) is 7.50. The normalized spacial score (nSPS) is 23.4. The maximum atomic E-state index is 11.6. The number of hydrogen-bond donors (Lipinski definition) is 3. The lowest BCUT2D eigenvalue weighted by Crippen LogP contribution is -2.51. The van der Waals surface area contributed by atoms with Crippen LogP contribution in [0.2, 0.25) is 0 Å². The molecule has 0 aromatic carbocycles. The first-order valence-electron chi connectivity index (χ1n) is 6.82. The van der Waals surface area contributed by atoms with E-state index in [2.05, 4.69) is 23.1 Å². The second-order valence-corrected chi connectivity index (χ2v) is 6.18. The second-order valence-electron chi connectivity index (χ2n) is 6.18. The lowest BCUT2D eigenvalue weighted by atomic mass is 9.87. The first-order chi connectivity index (χ1) is 8.76. The number of carbonyl (C=O) groups is 2. The zero-order chi connectivity index (χ0) is 14.5. The van der Waals surface area contributed by atoms with Gasteiger partial charge in [0, 0.05) is 6.04 Å². The molecule has 0 radical (unpaired) electrons. The zero-order valence-electron chi connectivity index (χ0n) is 12.2. The van der Waals surface area contributed by atoms with Gasteiger partial charge in [-0.3, -0.25) is 0 Å². The smallest absolute Gasteiger partial charge is 0.426 e. The van der Waals surface area contributed by atoms with Crippen molar-refractivity contribution >= 4 is 12.1 Å². The summed E-state index contributed by atoms with van der Waals surface area (Å²) < 4.78 is 5.00. The molecule has 3 amide bonds. The summed E-state index contributed by atoms with van der Waals surface area (Å²) in [5, 5.41) is 2.84. The van der Waals surface area contributed by atoms with E-state index in [4.69, 9.17) is 4.74 Å². The van der Waals surface area contributed by atoms with Crippen molar-refractivity contribution in [1.82, 2.24) is 16.2 Å². The topological polar surface area (TPSA) is 79.5 Å². The van der Waals surface area contributed by atoms with Crippen molar-refractivity contribution in [3.8, 4) is 0 Å². The number of rotatable bonds is 1. The van der Waals surface area contributed by atoms with Gasteiger partial charge in [-0.2, -0.15) is 0 Å². The van der Waals surface area contributed by atoms with Gasteiger partial charge in [-0.05, 0) is 52.4 Å². The molecule has 1 saturated carbocycles. The first-order valence-corrected chi connectivity index (χ1v) is 6.82. The van der Waals surface area contributed by atoms with E-state index in [0.29, 0.717) is 0 Å². The highest BCUT2D eigenvalue weighted by atomic mass is 16.6. The molecule has 0 unspecified atom stereocenters. The summed E-state index contributed by atoms with van der Waals surface area (Å²) in [6.07, 6.45) is 3.57. The molecular formula is C13H25N3O3. The maximum Gasteiger partial charge on any atom is 0.426 e. The number of hydrazine groups is 1. The van der Waals surface area contributed by atoms with Gasteiger partial charge in [-0.15, -0.1) is 0 Å². The van der Waals surface area contributed by atoms with Crippen LogP contribution in [0.3, 0.4) is 0 Å². The molecule has 0 heterocycles. The van der Waals surface area contributed by atoms with Gasteiger partial charge in [0.25, 0.3) is 0 Å². The molecular weight excluding hydrogens is 246 g/mol. The van der Waals surface area contributed by atoms with Crippen LogP contribution < -0.4 is 16.2 Å². The van der Waals surface area contributed by atoms with E-state index in [0.717, 1.165) is 31.6 Å². The van der Waals surface area contributed by atoms with Crippen LogP contribution in [0.15, 0.2) is 0 Å². The number of carbonyl (C=O) groups excluding carboxylic acids is 2. The molecule has 6 nitrogen and oxygen atoms in total. The van der Waals surface area contributed by atoms with Gasteiger partial charge in [-0.25, -0.2) is 20.4 Å². The van der Waals surface area contributed by atoms with Gasteiger partial charge in [-0.1, -0.05) is 6.92 Å². The molecule has 3 N–H and O–H groups in total. The van der Waals surface area contributed by atoms with Crippen molar-refractivity contribution in [3.63, 3.8) is 0 Å². The van der Waals surface area contributed by atoms with Crippen LogP contribution in [0.1, 0.15) is 53.4 Å². The Bertz CT molecular complexity index is 318. The average molecular weight is 271 g/mol. The third-order valence-electron chi connectivity index (χ3n) is 3.03. The lowest BCUT2D eigenvalue weighted by Gasteiger charge is -2.27. The van der Waals surface area contributed by atoms with Crippen LogP contribution in [-0.2, 0) is 4.74 Å². The Labute approximate surface area is 114 Å². The molecule has 0 bridgehead atoms. The molecule has 1 aliphatic rings. The van der Waals surface area contributed by atoms with Crippen molar-refractivity contribution < 1.29 is 14.3 Å². The van der Waals surface area contributed by atoms with Crippen LogP contribution in [0, 0.1) is 5.92 Å². The minimum atomic E-state index is -0.667. The SMILES string of the molecule is CC1CCC(NC(=O)NNC(=O)OC(C)(C)C)CC1. The van der Waals surface area contributed by atoms with Crippen LogP contribution in [0.25, 0.3) is 0 Å². The van der Waals surface area contributed by atoms with Gasteiger partial charge in [0.2, 0.25) is 0 Å². The van der Waals surface area contributed by atoms with Crippen LogP contribution >= 0.6 is 0 Å². The highest BCUT2D eigenvalue weighted by Gasteiger charge is 2.20. The highest BCUT2D eigenvalue weighted by Crippen LogP contribution is 2.23. The Morgan fingerprint density at radius 2 is 1.63 bits per heavy atom. The summed E-state index contributed by atoms with van der Waals surface area (Å²) in [6, 6.07) is -0.206. The third kappa shape index (κ3) is 6.88. The van der Waals surface area contributed by atoms with E-state index in [9.17, 15) is 9.59 Å². The van der Waals surface area contributed by atoms with Crippen LogP contribution in [0.4, 0.5) is 9.59 Å². The van der Waals surface area contributed by atoms with Crippen molar-refractivity contribution in [2.24, 2.45) is 5.92 Å². The minimum absolute atomic E-state index is 0.191. The molecule has 0 spiro atoms. The molecule has 0 saturated heterocycles. The molecule has 6 heteroatoms. The van der Waals surface area contributed by atoms with Gasteiger partial charge < -0.3 is 10.1 Å². The zero-order valence-corrected chi connectivity index (χ0v) is 12.2. The van der Waals surface area contributed by atoms with E-state index in [1.54, 1.807) is 20.8 Å². The van der Waals surface area contributed by atoms with Gasteiger partial charge >= 0.3 is 12.1 Å². The predicted molar refractivity (Wildman–Crippen MR) is 72.5 cm³/mol. The van der Waals surface area contributed by atoms with E-state index in [-0.39, 0.29) is 6.04 Å². The number of urea groups is 1. The number of hydrogen-bond acceptors (Lipinski definition) is 3. The molecule has 110 valence electrons. The van der Waals surface area contributed by atoms with E-state index < -0.39 is 17.7 Å². The van der Waals surface area contributed by atoms with Crippen molar-refractivity contribution in [3.05, 3.63) is 0 Å². The fourth-order valence-corrected chi connectivity index (χ4v) is 2.04. The highest BCUT2D eigenvalue weighted by molar-refractivity contribution is 5.77. The minimum Gasteiger partial charge on any atom is -0.443 e. The monoisotopic (exact) mass is 271 g/mol. The summed E-state index contributed by atoms with van der Waals surface area (Å²) in [4.78, 5) is 22.9. The number of ether oxygens (including phenoxy) is 1. The number of amides is 3. The fraction of sp³-hybridized carbons (Fsp3) is 0.846. The summed E-state index contributed by atoms with van der Waals surface area (Å²) in [5.74, 6) is 0.737. The molecule has 0 aromatic heterocycles. The standard InChI is InChI=1S/C13H25N3O3/c1-9-5-7-10(8-6-9)14-11(17)15-16-12(18)19-13(2,3)4/h9-10H,5-8H2,1-4H3,(H,16,18)(H2,14,15,17). The van der Waals surface area contributed by atoms with Gasteiger partial charge in [0.1, 0.15) is 5.60 Å². The summed E-state index contributed by atoms with van der Waals surface area (Å²) >= 11 is 0.